The molecule has 4 aromatic rings. The van der Waals surface area contributed by atoms with Crippen LogP contribution in [0.5, 0.6) is 0 Å². The van der Waals surface area contributed by atoms with Crippen LogP contribution in [-0.4, -0.2) is 26.6 Å². The molecule has 2 heterocycles. The summed E-state index contributed by atoms with van der Waals surface area (Å²) < 4.78 is 2.18. The first-order chi connectivity index (χ1) is 19.0. The Morgan fingerprint density at radius 3 is 2.56 bits per heavy atom. The van der Waals surface area contributed by atoms with Crippen molar-refractivity contribution in [3.05, 3.63) is 105 Å². The van der Waals surface area contributed by atoms with Crippen LogP contribution in [-0.2, 0) is 11.3 Å². The Morgan fingerprint density at radius 1 is 1.00 bits per heavy atom. The first-order valence-corrected chi connectivity index (χ1v) is 14.9. The molecule has 6 rings (SSSR count). The summed E-state index contributed by atoms with van der Waals surface area (Å²) in [5.41, 5.74) is 3.94. The zero-order chi connectivity index (χ0) is 26.9. The van der Waals surface area contributed by atoms with Crippen LogP contribution in [0.2, 0.25) is 10.0 Å². The molecule has 39 heavy (non-hydrogen) atoms. The largest absolute Gasteiger partial charge is 0.342 e. The van der Waals surface area contributed by atoms with Crippen molar-refractivity contribution >= 4 is 68.7 Å². The van der Waals surface area contributed by atoms with E-state index in [4.69, 9.17) is 28.2 Å². The number of carbonyl (C=O) groups excluding carboxylic acids is 1. The average molecular weight is 575 g/mol. The van der Waals surface area contributed by atoms with Crippen LogP contribution in [0, 0.1) is 5.92 Å². The fourth-order valence-electron chi connectivity index (χ4n) is 5.65. The number of benzene rings is 3. The highest BCUT2D eigenvalue weighted by molar-refractivity contribution is 8.18. The van der Waals surface area contributed by atoms with Crippen molar-refractivity contribution in [2.24, 2.45) is 10.9 Å². The Labute approximate surface area is 243 Å². The third-order valence-corrected chi connectivity index (χ3v) is 9.25. The minimum atomic E-state index is 0.0472. The number of hydrogen-bond acceptors (Lipinski definition) is 3. The number of aliphatic imine (C=N–C) groups is 1. The Morgan fingerprint density at radius 2 is 1.77 bits per heavy atom. The first-order valence-electron chi connectivity index (χ1n) is 13.4. The van der Waals surface area contributed by atoms with Crippen LogP contribution in [0.1, 0.15) is 43.7 Å². The molecule has 0 bridgehead atoms. The molecule has 2 aliphatic rings. The Hall–Kier alpha value is -2.99. The topological polar surface area (TPSA) is 37.6 Å². The second-order valence-corrected chi connectivity index (χ2v) is 12.2. The van der Waals surface area contributed by atoms with E-state index in [1.807, 2.05) is 65.6 Å². The number of carbonyl (C=O) groups is 1. The van der Waals surface area contributed by atoms with Crippen LogP contribution in [0.15, 0.2) is 88.9 Å². The Balaban J connectivity index is 1.40. The molecule has 1 amide bonds. The van der Waals surface area contributed by atoms with Crippen molar-refractivity contribution in [3.8, 4) is 0 Å². The zero-order valence-electron chi connectivity index (χ0n) is 21.7. The number of amides is 1. The molecule has 1 aliphatic heterocycles. The standard InChI is InChI=1S/C32H29Cl2N3OS/c1-21-9-5-7-13-28(21)37-31(38)30(39-32(37)35-25-10-3-2-4-11-25)17-23-20-36(29-14-8-6-12-26(23)29)19-22-15-16-24(33)18-27(22)34/h2-4,6,8,10-12,14-18,20-21,28H,5,7,9,13,19H2,1H3/b30-17-,35-32?/t21-,28+/m0/s1. The Kier molecular flexibility index (Phi) is 7.57. The fourth-order valence-corrected chi connectivity index (χ4v) is 7.15. The van der Waals surface area contributed by atoms with Gasteiger partial charge >= 0.3 is 0 Å². The van der Waals surface area contributed by atoms with Gasteiger partial charge in [0.25, 0.3) is 5.91 Å². The highest BCUT2D eigenvalue weighted by Gasteiger charge is 2.41. The molecule has 0 radical (unpaired) electrons. The molecule has 0 N–H and O–H groups in total. The fraction of sp³-hybridized carbons (Fsp3) is 0.250. The molecule has 1 aromatic heterocycles. The maximum absolute atomic E-state index is 14.0. The molecule has 2 fully saturated rings. The minimum absolute atomic E-state index is 0.0472. The summed E-state index contributed by atoms with van der Waals surface area (Å²) in [6.07, 6.45) is 8.65. The summed E-state index contributed by atoms with van der Waals surface area (Å²) in [5.74, 6) is 0.487. The van der Waals surface area contributed by atoms with Gasteiger partial charge in [0, 0.05) is 45.3 Å². The van der Waals surface area contributed by atoms with Gasteiger partial charge in [-0.3, -0.25) is 9.69 Å². The summed E-state index contributed by atoms with van der Waals surface area (Å²) in [7, 11) is 0. The molecule has 1 saturated carbocycles. The second-order valence-electron chi connectivity index (χ2n) is 10.3. The van der Waals surface area contributed by atoms with E-state index in [9.17, 15) is 4.79 Å². The number of hydrogen-bond donors (Lipinski definition) is 0. The van der Waals surface area contributed by atoms with Crippen molar-refractivity contribution in [3.63, 3.8) is 0 Å². The smallest absolute Gasteiger partial charge is 0.267 e. The molecule has 0 spiro atoms. The van der Waals surface area contributed by atoms with E-state index < -0.39 is 0 Å². The predicted octanol–water partition coefficient (Wildman–Crippen LogP) is 9.18. The van der Waals surface area contributed by atoms with Gasteiger partial charge in [0.15, 0.2) is 5.17 Å². The molecular weight excluding hydrogens is 545 g/mol. The second kappa shape index (κ2) is 11.2. The van der Waals surface area contributed by atoms with Crippen LogP contribution in [0.4, 0.5) is 5.69 Å². The van der Waals surface area contributed by atoms with E-state index in [-0.39, 0.29) is 11.9 Å². The lowest BCUT2D eigenvalue weighted by Gasteiger charge is -2.35. The van der Waals surface area contributed by atoms with Crippen molar-refractivity contribution < 1.29 is 4.79 Å². The summed E-state index contributed by atoms with van der Waals surface area (Å²) in [6, 6.07) is 23.9. The van der Waals surface area contributed by atoms with Gasteiger partial charge in [0.05, 0.1) is 10.6 Å². The monoisotopic (exact) mass is 573 g/mol. The number of aromatic nitrogens is 1. The minimum Gasteiger partial charge on any atom is -0.342 e. The molecule has 3 aromatic carbocycles. The van der Waals surface area contributed by atoms with Crippen molar-refractivity contribution in [1.82, 2.24) is 9.47 Å². The molecule has 2 atom stereocenters. The molecule has 4 nitrogen and oxygen atoms in total. The third kappa shape index (κ3) is 5.41. The molecule has 1 aliphatic carbocycles. The third-order valence-electron chi connectivity index (χ3n) is 7.68. The molecule has 1 saturated heterocycles. The van der Waals surface area contributed by atoms with Crippen LogP contribution in [0.25, 0.3) is 17.0 Å². The predicted molar refractivity (Wildman–Crippen MR) is 165 cm³/mol. The van der Waals surface area contributed by atoms with Gasteiger partial charge in [-0.25, -0.2) is 4.99 Å². The first kappa shape index (κ1) is 26.2. The van der Waals surface area contributed by atoms with Crippen molar-refractivity contribution in [1.29, 1.82) is 0 Å². The summed E-state index contributed by atoms with van der Waals surface area (Å²) >= 11 is 14.1. The van der Waals surface area contributed by atoms with Gasteiger partial charge < -0.3 is 4.57 Å². The van der Waals surface area contributed by atoms with Crippen LogP contribution >= 0.6 is 35.0 Å². The van der Waals surface area contributed by atoms with Crippen molar-refractivity contribution in [2.45, 2.75) is 45.2 Å². The van der Waals surface area contributed by atoms with Gasteiger partial charge in [-0.05, 0) is 72.5 Å². The number of rotatable bonds is 5. The lowest BCUT2D eigenvalue weighted by Crippen LogP contribution is -2.44. The summed E-state index contributed by atoms with van der Waals surface area (Å²) in [5, 5.41) is 3.12. The van der Waals surface area contributed by atoms with Gasteiger partial charge in [0.1, 0.15) is 0 Å². The molecule has 198 valence electrons. The number of fused-ring (bicyclic) bond motifs is 1. The summed E-state index contributed by atoms with van der Waals surface area (Å²) in [6.45, 7) is 2.87. The van der Waals surface area contributed by atoms with E-state index in [0.717, 1.165) is 52.1 Å². The average Bonchev–Trinajstić information content (AvgIpc) is 3.43. The van der Waals surface area contributed by atoms with E-state index in [1.165, 1.54) is 18.2 Å². The van der Waals surface area contributed by atoms with E-state index in [1.54, 1.807) is 6.07 Å². The molecule has 0 unspecified atom stereocenters. The maximum atomic E-state index is 14.0. The highest BCUT2D eigenvalue weighted by Crippen LogP contribution is 2.41. The number of halogens is 2. The number of para-hydroxylation sites is 2. The number of amidine groups is 1. The molecule has 7 heteroatoms. The van der Waals surface area contributed by atoms with Crippen molar-refractivity contribution in [2.75, 3.05) is 0 Å². The lowest BCUT2D eigenvalue weighted by molar-refractivity contribution is -0.124. The van der Waals surface area contributed by atoms with Gasteiger partial charge in [0.2, 0.25) is 0 Å². The quantitative estimate of drug-likeness (QED) is 0.223. The highest BCUT2D eigenvalue weighted by atomic mass is 35.5. The zero-order valence-corrected chi connectivity index (χ0v) is 24.0. The van der Waals surface area contributed by atoms with Crippen LogP contribution in [0.3, 0.4) is 0 Å². The molecular formula is C32H29Cl2N3OS. The van der Waals surface area contributed by atoms with Gasteiger partial charge in [-0.15, -0.1) is 0 Å². The van der Waals surface area contributed by atoms with Crippen LogP contribution < -0.4 is 0 Å². The normalized spacial score (nSPS) is 21.9. The SMILES string of the molecule is C[C@H]1CCCC[C@H]1N1C(=O)/C(=C/c2cn(Cc3ccc(Cl)cc3Cl)c3ccccc23)SC1=Nc1ccccc1. The van der Waals surface area contributed by atoms with E-state index in [2.05, 4.69) is 29.8 Å². The van der Waals surface area contributed by atoms with E-state index in [0.29, 0.717) is 27.4 Å². The number of thioether (sulfide) groups is 1. The maximum Gasteiger partial charge on any atom is 0.267 e. The van der Waals surface area contributed by atoms with Gasteiger partial charge in [-0.2, -0.15) is 0 Å². The summed E-state index contributed by atoms with van der Waals surface area (Å²) in [4.78, 5) is 21.6. The Bertz CT molecular complexity index is 1590. The lowest BCUT2D eigenvalue weighted by atomic mass is 9.85. The number of nitrogens with zero attached hydrogens (tertiary/aromatic N) is 3. The van der Waals surface area contributed by atoms with E-state index >= 15 is 0 Å². The van der Waals surface area contributed by atoms with Gasteiger partial charge in [-0.1, -0.05) is 85.4 Å².